The Morgan fingerprint density at radius 3 is 2.58 bits per heavy atom. The van der Waals surface area contributed by atoms with Gasteiger partial charge in [0.15, 0.2) is 0 Å². The maximum Gasteiger partial charge on any atom is 0.289 e. The van der Waals surface area contributed by atoms with E-state index >= 15 is 0 Å². The number of thiazole rings is 1. The van der Waals surface area contributed by atoms with Crippen molar-refractivity contribution in [2.75, 3.05) is 0 Å². The fraction of sp³-hybridized carbons (Fsp3) is 0.0625. The molecule has 0 aliphatic carbocycles. The quantitative estimate of drug-likeness (QED) is 0.702. The summed E-state index contributed by atoms with van der Waals surface area (Å²) in [5.74, 6) is -1.25. The van der Waals surface area contributed by atoms with E-state index in [9.17, 15) is 14.0 Å². The zero-order valence-corrected chi connectivity index (χ0v) is 13.9. The van der Waals surface area contributed by atoms with Crippen LogP contribution in [0.3, 0.4) is 0 Å². The van der Waals surface area contributed by atoms with Crippen LogP contribution >= 0.6 is 22.7 Å². The number of halogens is 1. The number of hydrazine groups is 1. The van der Waals surface area contributed by atoms with E-state index in [-0.39, 0.29) is 17.9 Å². The Labute approximate surface area is 145 Å². The molecule has 0 aliphatic heterocycles. The SMILES string of the molecule is O=C(Cc1ccc(F)cc1)NNC(=O)c1csc(-c2cccs2)n1. The Balaban J connectivity index is 1.53. The van der Waals surface area contributed by atoms with Crippen molar-refractivity contribution in [2.45, 2.75) is 6.42 Å². The van der Waals surface area contributed by atoms with Crippen LogP contribution in [0.1, 0.15) is 16.1 Å². The lowest BCUT2D eigenvalue weighted by Gasteiger charge is -2.06. The van der Waals surface area contributed by atoms with E-state index in [4.69, 9.17) is 0 Å². The van der Waals surface area contributed by atoms with Crippen LogP contribution in [-0.2, 0) is 11.2 Å². The molecule has 0 saturated carbocycles. The van der Waals surface area contributed by atoms with Crippen LogP contribution < -0.4 is 10.9 Å². The van der Waals surface area contributed by atoms with E-state index in [2.05, 4.69) is 15.8 Å². The van der Waals surface area contributed by atoms with E-state index in [1.807, 2.05) is 17.5 Å². The fourth-order valence-corrected chi connectivity index (χ4v) is 3.53. The van der Waals surface area contributed by atoms with Crippen LogP contribution in [0, 0.1) is 5.82 Å². The van der Waals surface area contributed by atoms with E-state index in [1.165, 1.54) is 35.6 Å². The number of nitrogens with one attached hydrogen (secondary N) is 2. The highest BCUT2D eigenvalue weighted by molar-refractivity contribution is 7.20. The molecule has 2 aromatic heterocycles. The summed E-state index contributed by atoms with van der Waals surface area (Å²) in [5.41, 5.74) is 5.54. The van der Waals surface area contributed by atoms with Gasteiger partial charge in [0.2, 0.25) is 5.91 Å². The zero-order valence-electron chi connectivity index (χ0n) is 12.3. The van der Waals surface area contributed by atoms with Crippen molar-refractivity contribution in [3.8, 4) is 9.88 Å². The molecule has 0 unspecified atom stereocenters. The maximum atomic E-state index is 12.8. The molecule has 1 aromatic carbocycles. The molecule has 0 fully saturated rings. The third-order valence-corrected chi connectivity index (χ3v) is 4.94. The standard InChI is InChI=1S/C16H12FN3O2S2/c17-11-5-3-10(4-6-11)8-14(21)19-20-15(22)12-9-24-16(18-12)13-2-1-7-23-13/h1-7,9H,8H2,(H,19,21)(H,20,22). The molecule has 3 aromatic rings. The monoisotopic (exact) mass is 361 g/mol. The van der Waals surface area contributed by atoms with Crippen molar-refractivity contribution in [2.24, 2.45) is 0 Å². The Kier molecular flexibility index (Phi) is 4.97. The van der Waals surface area contributed by atoms with Crippen LogP contribution in [0.15, 0.2) is 47.2 Å². The van der Waals surface area contributed by atoms with Crippen molar-refractivity contribution in [3.05, 3.63) is 64.2 Å². The lowest BCUT2D eigenvalue weighted by molar-refractivity contribution is -0.121. The first-order chi connectivity index (χ1) is 11.6. The molecule has 0 atom stereocenters. The molecule has 5 nitrogen and oxygen atoms in total. The summed E-state index contributed by atoms with van der Waals surface area (Å²) in [6.07, 6.45) is 0.0398. The van der Waals surface area contributed by atoms with E-state index in [0.29, 0.717) is 5.56 Å². The lowest BCUT2D eigenvalue weighted by Crippen LogP contribution is -2.42. The second kappa shape index (κ2) is 7.33. The Bertz CT molecular complexity index is 845. The Morgan fingerprint density at radius 2 is 1.88 bits per heavy atom. The minimum Gasteiger partial charge on any atom is -0.273 e. The van der Waals surface area contributed by atoms with Gasteiger partial charge < -0.3 is 0 Å². The van der Waals surface area contributed by atoms with Crippen LogP contribution in [0.4, 0.5) is 4.39 Å². The smallest absolute Gasteiger partial charge is 0.273 e. The predicted octanol–water partition coefficient (Wildman–Crippen LogP) is 3.01. The van der Waals surface area contributed by atoms with Gasteiger partial charge in [0.05, 0.1) is 11.3 Å². The molecule has 0 spiro atoms. The zero-order chi connectivity index (χ0) is 16.9. The first-order valence-electron chi connectivity index (χ1n) is 6.95. The number of carbonyl (C=O) groups is 2. The second-order valence-electron chi connectivity index (χ2n) is 4.82. The van der Waals surface area contributed by atoms with Crippen LogP contribution in [0.2, 0.25) is 0 Å². The fourth-order valence-electron chi connectivity index (χ4n) is 1.91. The van der Waals surface area contributed by atoms with Gasteiger partial charge >= 0.3 is 0 Å². The van der Waals surface area contributed by atoms with Gasteiger partial charge in [-0.15, -0.1) is 22.7 Å². The summed E-state index contributed by atoms with van der Waals surface area (Å²) in [5, 5.41) is 4.33. The van der Waals surface area contributed by atoms with Gasteiger partial charge in [-0.25, -0.2) is 9.37 Å². The largest absolute Gasteiger partial charge is 0.289 e. The number of aromatic nitrogens is 1. The summed E-state index contributed by atoms with van der Waals surface area (Å²) in [7, 11) is 0. The van der Waals surface area contributed by atoms with E-state index in [0.717, 1.165) is 9.88 Å². The predicted molar refractivity (Wildman–Crippen MR) is 91.1 cm³/mol. The van der Waals surface area contributed by atoms with Gasteiger partial charge in [0, 0.05) is 5.38 Å². The third-order valence-electron chi connectivity index (χ3n) is 3.06. The molecule has 3 rings (SSSR count). The molecule has 0 aliphatic rings. The molecule has 0 radical (unpaired) electrons. The Morgan fingerprint density at radius 1 is 1.08 bits per heavy atom. The first kappa shape index (κ1) is 16.3. The highest BCUT2D eigenvalue weighted by Crippen LogP contribution is 2.27. The summed E-state index contributed by atoms with van der Waals surface area (Å²) in [6, 6.07) is 9.44. The number of rotatable bonds is 4. The highest BCUT2D eigenvalue weighted by Gasteiger charge is 2.13. The van der Waals surface area contributed by atoms with Gasteiger partial charge in [-0.05, 0) is 29.1 Å². The molecular weight excluding hydrogens is 349 g/mol. The molecule has 2 amide bonds. The minimum atomic E-state index is -0.485. The molecule has 122 valence electrons. The molecule has 2 heterocycles. The van der Waals surface area contributed by atoms with Gasteiger partial charge in [-0.3, -0.25) is 20.4 Å². The first-order valence-corrected chi connectivity index (χ1v) is 8.71. The van der Waals surface area contributed by atoms with Crippen molar-refractivity contribution in [1.82, 2.24) is 15.8 Å². The third kappa shape index (κ3) is 4.03. The molecule has 0 saturated heterocycles. The summed E-state index contributed by atoms with van der Waals surface area (Å²) in [6.45, 7) is 0. The normalized spacial score (nSPS) is 10.4. The number of carbonyl (C=O) groups excluding carboxylic acids is 2. The number of hydrogen-bond donors (Lipinski definition) is 2. The van der Waals surface area contributed by atoms with Crippen molar-refractivity contribution in [3.63, 3.8) is 0 Å². The van der Waals surface area contributed by atoms with Crippen LogP contribution in [0.25, 0.3) is 9.88 Å². The molecule has 24 heavy (non-hydrogen) atoms. The van der Waals surface area contributed by atoms with Crippen molar-refractivity contribution in [1.29, 1.82) is 0 Å². The second-order valence-corrected chi connectivity index (χ2v) is 6.63. The van der Waals surface area contributed by atoms with Gasteiger partial charge in [-0.2, -0.15) is 0 Å². The molecule has 0 bridgehead atoms. The van der Waals surface area contributed by atoms with Crippen LogP contribution in [0.5, 0.6) is 0 Å². The van der Waals surface area contributed by atoms with Gasteiger partial charge in [-0.1, -0.05) is 18.2 Å². The number of amides is 2. The number of hydrogen-bond acceptors (Lipinski definition) is 5. The summed E-state index contributed by atoms with van der Waals surface area (Å²) in [4.78, 5) is 29.0. The number of benzene rings is 1. The molecule has 8 heteroatoms. The number of thiophene rings is 1. The summed E-state index contributed by atoms with van der Waals surface area (Å²) < 4.78 is 12.8. The Hall–Kier alpha value is -2.58. The maximum absolute atomic E-state index is 12.8. The minimum absolute atomic E-state index is 0.0398. The van der Waals surface area contributed by atoms with Gasteiger partial charge in [0.1, 0.15) is 16.5 Å². The van der Waals surface area contributed by atoms with Crippen molar-refractivity contribution < 1.29 is 14.0 Å². The van der Waals surface area contributed by atoms with E-state index < -0.39 is 11.8 Å². The highest BCUT2D eigenvalue weighted by atomic mass is 32.1. The number of nitrogens with zero attached hydrogens (tertiary/aromatic N) is 1. The average molecular weight is 361 g/mol. The van der Waals surface area contributed by atoms with Gasteiger partial charge in [0.25, 0.3) is 5.91 Å². The molecule has 2 N–H and O–H groups in total. The van der Waals surface area contributed by atoms with Crippen molar-refractivity contribution >= 4 is 34.5 Å². The lowest BCUT2D eigenvalue weighted by atomic mass is 10.1. The molecular formula is C16H12FN3O2S2. The van der Waals surface area contributed by atoms with Crippen LogP contribution in [-0.4, -0.2) is 16.8 Å². The van der Waals surface area contributed by atoms with E-state index in [1.54, 1.807) is 16.7 Å². The summed E-state index contributed by atoms with van der Waals surface area (Å²) >= 11 is 2.91. The topological polar surface area (TPSA) is 71.1 Å². The average Bonchev–Trinajstić information content (AvgIpc) is 3.25.